The van der Waals surface area contributed by atoms with Crippen LogP contribution >= 0.6 is 0 Å². The summed E-state index contributed by atoms with van der Waals surface area (Å²) in [5.41, 5.74) is 0.628. The predicted molar refractivity (Wildman–Crippen MR) is 83.9 cm³/mol. The second-order valence-corrected chi connectivity index (χ2v) is 5.97. The topological polar surface area (TPSA) is 88.5 Å². The molecule has 1 aromatic rings. The van der Waals surface area contributed by atoms with Crippen LogP contribution in [0.15, 0.2) is 12.4 Å². The first-order chi connectivity index (χ1) is 11.2. The highest BCUT2D eigenvalue weighted by molar-refractivity contribution is 5.90. The van der Waals surface area contributed by atoms with Gasteiger partial charge in [-0.05, 0) is 19.4 Å². The van der Waals surface area contributed by atoms with Gasteiger partial charge in [-0.3, -0.25) is 14.3 Å². The number of rotatable bonds is 5. The number of nitrogens with one attached hydrogen (secondary N) is 2. The van der Waals surface area contributed by atoms with E-state index < -0.39 is 0 Å². The van der Waals surface area contributed by atoms with Crippen LogP contribution in [-0.2, 0) is 20.9 Å². The van der Waals surface area contributed by atoms with Crippen molar-refractivity contribution in [3.05, 3.63) is 12.4 Å². The molecule has 8 heteroatoms. The summed E-state index contributed by atoms with van der Waals surface area (Å²) in [6.45, 7) is 3.58. The summed E-state index contributed by atoms with van der Waals surface area (Å²) in [6, 6.07) is 0.271. The average molecular weight is 321 g/mol. The molecule has 0 aliphatic carbocycles. The lowest BCUT2D eigenvalue weighted by molar-refractivity contribution is -0.136. The van der Waals surface area contributed by atoms with Crippen LogP contribution in [0.25, 0.3) is 0 Å². The molecule has 23 heavy (non-hydrogen) atoms. The normalized spacial score (nSPS) is 21.4. The van der Waals surface area contributed by atoms with Crippen molar-refractivity contribution in [2.45, 2.75) is 31.8 Å². The largest absolute Gasteiger partial charge is 0.378 e. The Labute approximate surface area is 135 Å². The molecule has 126 valence electrons. The molecule has 3 heterocycles. The second-order valence-electron chi connectivity index (χ2n) is 5.97. The van der Waals surface area contributed by atoms with Gasteiger partial charge in [0.1, 0.15) is 6.54 Å². The number of carbonyl (C=O) groups is 2. The number of aromatic nitrogens is 2. The van der Waals surface area contributed by atoms with Crippen molar-refractivity contribution in [3.8, 4) is 0 Å². The molecule has 3 rings (SSSR count). The summed E-state index contributed by atoms with van der Waals surface area (Å²) in [4.78, 5) is 25.9. The van der Waals surface area contributed by atoms with Crippen LogP contribution in [0.3, 0.4) is 0 Å². The highest BCUT2D eigenvalue weighted by Gasteiger charge is 2.19. The molecule has 0 radical (unpaired) electrons. The number of ether oxygens (including phenoxy) is 1. The van der Waals surface area contributed by atoms with Gasteiger partial charge in [-0.1, -0.05) is 0 Å². The van der Waals surface area contributed by atoms with Gasteiger partial charge in [0.2, 0.25) is 11.8 Å². The second kappa shape index (κ2) is 7.56. The number of amides is 2. The molecular formula is C15H23N5O3. The molecule has 1 unspecified atom stereocenters. The fourth-order valence-corrected chi connectivity index (χ4v) is 2.93. The maximum atomic E-state index is 12.1. The lowest BCUT2D eigenvalue weighted by Gasteiger charge is -2.26. The van der Waals surface area contributed by atoms with Gasteiger partial charge in [0.15, 0.2) is 0 Å². The number of hydrogen-bond acceptors (Lipinski definition) is 5. The maximum Gasteiger partial charge on any atom is 0.244 e. The van der Waals surface area contributed by atoms with Crippen LogP contribution in [-0.4, -0.2) is 65.4 Å². The Morgan fingerprint density at radius 3 is 2.96 bits per heavy atom. The molecule has 2 fully saturated rings. The van der Waals surface area contributed by atoms with E-state index in [1.165, 1.54) is 0 Å². The Balaban J connectivity index is 1.47. The predicted octanol–water partition coefficient (Wildman–Crippen LogP) is -0.177. The first-order valence-electron chi connectivity index (χ1n) is 8.12. The van der Waals surface area contributed by atoms with Crippen LogP contribution in [0.4, 0.5) is 5.69 Å². The molecule has 0 spiro atoms. The van der Waals surface area contributed by atoms with Gasteiger partial charge in [-0.2, -0.15) is 5.10 Å². The van der Waals surface area contributed by atoms with Crippen molar-refractivity contribution < 1.29 is 14.3 Å². The number of morpholine rings is 1. The molecule has 2 aliphatic rings. The zero-order valence-electron chi connectivity index (χ0n) is 13.2. The van der Waals surface area contributed by atoms with Gasteiger partial charge in [-0.25, -0.2) is 0 Å². The summed E-state index contributed by atoms with van der Waals surface area (Å²) in [5, 5.41) is 10.3. The third-order valence-electron chi connectivity index (χ3n) is 4.17. The lowest BCUT2D eigenvalue weighted by atomic mass is 10.1. The number of carbonyl (C=O) groups excluding carboxylic acids is 2. The number of hydrogen-bond donors (Lipinski definition) is 2. The fourth-order valence-electron chi connectivity index (χ4n) is 2.93. The Hall–Kier alpha value is -1.93. The minimum absolute atomic E-state index is 0.0180. The molecule has 2 amide bonds. The minimum Gasteiger partial charge on any atom is -0.378 e. The quantitative estimate of drug-likeness (QED) is 0.785. The van der Waals surface area contributed by atoms with Crippen molar-refractivity contribution in [2.75, 3.05) is 38.2 Å². The Bertz CT molecular complexity index is 547. The van der Waals surface area contributed by atoms with E-state index in [0.29, 0.717) is 38.4 Å². The van der Waals surface area contributed by atoms with E-state index >= 15 is 0 Å². The van der Waals surface area contributed by atoms with Crippen molar-refractivity contribution in [1.29, 1.82) is 0 Å². The standard InChI is InChI=1S/C15H23N5O3/c21-14(8-12-2-1-3-16-12)18-13-9-17-20(10-13)11-15(22)19-4-6-23-7-5-19/h9-10,12,16H,1-8,11H2,(H,18,21). The van der Waals surface area contributed by atoms with Gasteiger partial charge in [-0.15, -0.1) is 0 Å². The van der Waals surface area contributed by atoms with E-state index in [-0.39, 0.29) is 24.4 Å². The minimum atomic E-state index is -0.0246. The van der Waals surface area contributed by atoms with Gasteiger partial charge in [0.05, 0.1) is 25.1 Å². The van der Waals surface area contributed by atoms with E-state index in [9.17, 15) is 9.59 Å². The van der Waals surface area contributed by atoms with E-state index in [2.05, 4.69) is 15.7 Å². The van der Waals surface area contributed by atoms with Gasteiger partial charge in [0, 0.05) is 31.7 Å². The lowest BCUT2D eigenvalue weighted by Crippen LogP contribution is -2.42. The molecule has 2 saturated heterocycles. The van der Waals surface area contributed by atoms with Crippen molar-refractivity contribution in [3.63, 3.8) is 0 Å². The highest BCUT2D eigenvalue weighted by Crippen LogP contribution is 2.11. The first-order valence-corrected chi connectivity index (χ1v) is 8.12. The zero-order chi connectivity index (χ0) is 16.1. The van der Waals surface area contributed by atoms with E-state index in [4.69, 9.17) is 4.74 Å². The average Bonchev–Trinajstić information content (AvgIpc) is 3.20. The van der Waals surface area contributed by atoms with Gasteiger partial charge < -0.3 is 20.3 Å². The summed E-state index contributed by atoms with van der Waals surface area (Å²) in [7, 11) is 0. The van der Waals surface area contributed by atoms with Crippen LogP contribution < -0.4 is 10.6 Å². The van der Waals surface area contributed by atoms with Crippen LogP contribution in [0.1, 0.15) is 19.3 Å². The van der Waals surface area contributed by atoms with Gasteiger partial charge in [0.25, 0.3) is 0 Å². The zero-order valence-corrected chi connectivity index (χ0v) is 13.2. The summed E-state index contributed by atoms with van der Waals surface area (Å²) >= 11 is 0. The number of nitrogens with zero attached hydrogens (tertiary/aromatic N) is 3. The molecule has 2 N–H and O–H groups in total. The maximum absolute atomic E-state index is 12.1. The van der Waals surface area contributed by atoms with Crippen LogP contribution in [0.2, 0.25) is 0 Å². The van der Waals surface area contributed by atoms with E-state index in [0.717, 1.165) is 19.4 Å². The first kappa shape index (κ1) is 15.9. The third kappa shape index (κ3) is 4.52. The summed E-state index contributed by atoms with van der Waals surface area (Å²) in [6.07, 6.45) is 5.91. The molecule has 1 aromatic heterocycles. The number of anilines is 1. The monoisotopic (exact) mass is 321 g/mol. The smallest absolute Gasteiger partial charge is 0.244 e. The SMILES string of the molecule is O=C(CC1CCCN1)Nc1cnn(CC(=O)N2CCOCC2)c1. The molecule has 0 bridgehead atoms. The molecule has 1 atom stereocenters. The highest BCUT2D eigenvalue weighted by atomic mass is 16.5. The Morgan fingerprint density at radius 2 is 2.22 bits per heavy atom. The molecule has 0 saturated carbocycles. The van der Waals surface area contributed by atoms with Crippen LogP contribution in [0.5, 0.6) is 0 Å². The summed E-state index contributed by atoms with van der Waals surface area (Å²) < 4.78 is 6.79. The third-order valence-corrected chi connectivity index (χ3v) is 4.17. The summed E-state index contributed by atoms with van der Waals surface area (Å²) in [5.74, 6) is -0.00659. The van der Waals surface area contributed by atoms with Crippen molar-refractivity contribution in [2.24, 2.45) is 0 Å². The van der Waals surface area contributed by atoms with Crippen LogP contribution in [0, 0.1) is 0 Å². The fraction of sp³-hybridized carbons (Fsp3) is 0.667. The van der Waals surface area contributed by atoms with Gasteiger partial charge >= 0.3 is 0 Å². The molecule has 8 nitrogen and oxygen atoms in total. The Kier molecular flexibility index (Phi) is 5.24. The van der Waals surface area contributed by atoms with E-state index in [1.807, 2.05) is 0 Å². The molecule has 2 aliphatic heterocycles. The molecule has 0 aromatic carbocycles. The molecular weight excluding hydrogens is 298 g/mol. The van der Waals surface area contributed by atoms with E-state index in [1.54, 1.807) is 22.0 Å². The van der Waals surface area contributed by atoms with Crippen molar-refractivity contribution in [1.82, 2.24) is 20.0 Å². The van der Waals surface area contributed by atoms with Crippen molar-refractivity contribution >= 4 is 17.5 Å². The Morgan fingerprint density at radius 1 is 1.39 bits per heavy atom.